The predicted octanol–water partition coefficient (Wildman–Crippen LogP) is 1.88. The van der Waals surface area contributed by atoms with E-state index in [9.17, 15) is 0 Å². The Labute approximate surface area is 104 Å². The summed E-state index contributed by atoms with van der Waals surface area (Å²) < 4.78 is 5.65. The van der Waals surface area contributed by atoms with Gasteiger partial charge in [-0.25, -0.2) is 0 Å². The maximum Gasteiger partial charge on any atom is 0.119 e. The van der Waals surface area contributed by atoms with Gasteiger partial charge in [0.1, 0.15) is 5.75 Å². The highest BCUT2D eigenvalue weighted by molar-refractivity contribution is 5.20. The van der Waals surface area contributed by atoms with Crippen LogP contribution in [-0.2, 0) is 0 Å². The molecule has 1 heterocycles. The number of benzene rings is 1. The first-order valence-corrected chi connectivity index (χ1v) is 6.41. The number of hydrogen-bond acceptors (Lipinski definition) is 3. The smallest absolute Gasteiger partial charge is 0.119 e. The fraction of sp³-hybridized carbons (Fsp3) is 0.571. The van der Waals surface area contributed by atoms with E-state index in [1.165, 1.54) is 0 Å². The molecule has 0 unspecified atom stereocenters. The number of nitrogens with zero attached hydrogens (tertiary/aromatic N) is 1. The fourth-order valence-electron chi connectivity index (χ4n) is 2.22. The maximum atomic E-state index is 6.11. The van der Waals surface area contributed by atoms with Crippen molar-refractivity contribution in [2.45, 2.75) is 25.3 Å². The van der Waals surface area contributed by atoms with Crippen molar-refractivity contribution in [3.05, 3.63) is 30.3 Å². The third-order valence-electron chi connectivity index (χ3n) is 3.41. The van der Waals surface area contributed by atoms with Gasteiger partial charge in [0, 0.05) is 25.2 Å². The summed E-state index contributed by atoms with van der Waals surface area (Å²) in [5.41, 5.74) is 6.20. The van der Waals surface area contributed by atoms with Crippen molar-refractivity contribution < 1.29 is 4.74 Å². The first kappa shape index (κ1) is 12.4. The van der Waals surface area contributed by atoms with Crippen molar-refractivity contribution in [3.63, 3.8) is 0 Å². The Morgan fingerprint density at radius 1 is 1.29 bits per heavy atom. The van der Waals surface area contributed by atoms with Gasteiger partial charge in [0.25, 0.3) is 0 Å². The highest BCUT2D eigenvalue weighted by Crippen LogP contribution is 2.21. The molecule has 0 aromatic heterocycles. The highest BCUT2D eigenvalue weighted by Gasteiger charge is 2.36. The molecule has 1 saturated heterocycles. The lowest BCUT2D eigenvalue weighted by Gasteiger charge is -2.47. The van der Waals surface area contributed by atoms with E-state index in [4.69, 9.17) is 10.5 Å². The lowest BCUT2D eigenvalue weighted by atomic mass is 9.88. The summed E-state index contributed by atoms with van der Waals surface area (Å²) in [6.45, 7) is 6.11. The Morgan fingerprint density at radius 3 is 2.65 bits per heavy atom. The minimum atomic E-state index is 0.0836. The van der Waals surface area contributed by atoms with Gasteiger partial charge in [-0.3, -0.25) is 4.90 Å². The van der Waals surface area contributed by atoms with E-state index in [1.54, 1.807) is 0 Å². The Hall–Kier alpha value is -1.06. The summed E-state index contributed by atoms with van der Waals surface area (Å²) >= 11 is 0. The van der Waals surface area contributed by atoms with E-state index in [-0.39, 0.29) is 5.54 Å². The molecule has 0 aliphatic carbocycles. The SMILES string of the molecule is CCC1(N)CN(CCCOc2ccccc2)C1. The predicted molar refractivity (Wildman–Crippen MR) is 70.2 cm³/mol. The van der Waals surface area contributed by atoms with Gasteiger partial charge < -0.3 is 10.5 Å². The van der Waals surface area contributed by atoms with Crippen LogP contribution in [0.3, 0.4) is 0 Å². The summed E-state index contributed by atoms with van der Waals surface area (Å²) in [5, 5.41) is 0. The number of ether oxygens (including phenoxy) is 1. The minimum Gasteiger partial charge on any atom is -0.494 e. The van der Waals surface area contributed by atoms with Crippen LogP contribution >= 0.6 is 0 Å². The molecule has 2 N–H and O–H groups in total. The average molecular weight is 234 g/mol. The molecule has 0 radical (unpaired) electrons. The molecular weight excluding hydrogens is 212 g/mol. The van der Waals surface area contributed by atoms with E-state index < -0.39 is 0 Å². The average Bonchev–Trinajstić information content (AvgIpc) is 2.33. The van der Waals surface area contributed by atoms with Crippen molar-refractivity contribution >= 4 is 0 Å². The van der Waals surface area contributed by atoms with Crippen LogP contribution < -0.4 is 10.5 Å². The van der Waals surface area contributed by atoms with Gasteiger partial charge in [-0.1, -0.05) is 25.1 Å². The number of hydrogen-bond donors (Lipinski definition) is 1. The third kappa shape index (κ3) is 3.45. The van der Waals surface area contributed by atoms with Gasteiger partial charge in [0.05, 0.1) is 6.61 Å². The van der Waals surface area contributed by atoms with E-state index in [1.807, 2.05) is 30.3 Å². The zero-order valence-electron chi connectivity index (χ0n) is 10.6. The van der Waals surface area contributed by atoms with Crippen molar-refractivity contribution in [3.8, 4) is 5.75 Å². The molecule has 2 rings (SSSR count). The molecular formula is C14H22N2O. The summed E-state index contributed by atoms with van der Waals surface area (Å²) in [5.74, 6) is 0.956. The van der Waals surface area contributed by atoms with Crippen LogP contribution in [0.4, 0.5) is 0 Å². The minimum absolute atomic E-state index is 0.0836. The van der Waals surface area contributed by atoms with Crippen molar-refractivity contribution in [2.24, 2.45) is 5.73 Å². The van der Waals surface area contributed by atoms with Gasteiger partial charge in [-0.15, -0.1) is 0 Å². The Balaban J connectivity index is 1.56. The quantitative estimate of drug-likeness (QED) is 0.764. The molecule has 3 heteroatoms. The molecule has 1 aromatic carbocycles. The lowest BCUT2D eigenvalue weighted by Crippen LogP contribution is -2.66. The zero-order valence-corrected chi connectivity index (χ0v) is 10.6. The highest BCUT2D eigenvalue weighted by atomic mass is 16.5. The molecule has 3 nitrogen and oxygen atoms in total. The Kier molecular flexibility index (Phi) is 4.02. The molecule has 0 spiro atoms. The largest absolute Gasteiger partial charge is 0.494 e. The van der Waals surface area contributed by atoms with Crippen LogP contribution in [0.5, 0.6) is 5.75 Å². The van der Waals surface area contributed by atoms with Crippen molar-refractivity contribution in [2.75, 3.05) is 26.2 Å². The van der Waals surface area contributed by atoms with Crippen LogP contribution in [-0.4, -0.2) is 36.7 Å². The molecule has 0 saturated carbocycles. The second kappa shape index (κ2) is 5.52. The van der Waals surface area contributed by atoms with Gasteiger partial charge in [-0.05, 0) is 25.0 Å². The Bertz CT molecular complexity index is 333. The number of likely N-dealkylation sites (tertiary alicyclic amines) is 1. The molecule has 0 amide bonds. The second-order valence-electron chi connectivity index (χ2n) is 4.94. The number of rotatable bonds is 6. The molecule has 17 heavy (non-hydrogen) atoms. The maximum absolute atomic E-state index is 6.11. The summed E-state index contributed by atoms with van der Waals surface area (Å²) in [7, 11) is 0. The third-order valence-corrected chi connectivity index (χ3v) is 3.41. The van der Waals surface area contributed by atoms with Gasteiger partial charge in [-0.2, -0.15) is 0 Å². The molecule has 1 aromatic rings. The van der Waals surface area contributed by atoms with Crippen molar-refractivity contribution in [1.82, 2.24) is 4.90 Å². The summed E-state index contributed by atoms with van der Waals surface area (Å²) in [6.07, 6.45) is 2.14. The van der Waals surface area contributed by atoms with Gasteiger partial charge in [0.15, 0.2) is 0 Å². The molecule has 94 valence electrons. The van der Waals surface area contributed by atoms with E-state index in [0.29, 0.717) is 0 Å². The van der Waals surface area contributed by atoms with Crippen LogP contribution in [0.2, 0.25) is 0 Å². The van der Waals surface area contributed by atoms with E-state index >= 15 is 0 Å². The Morgan fingerprint density at radius 2 is 2.00 bits per heavy atom. The zero-order chi connectivity index (χ0) is 12.1. The van der Waals surface area contributed by atoms with Crippen LogP contribution in [0, 0.1) is 0 Å². The second-order valence-corrected chi connectivity index (χ2v) is 4.94. The first-order valence-electron chi connectivity index (χ1n) is 6.41. The lowest BCUT2D eigenvalue weighted by molar-refractivity contribution is 0.0629. The molecule has 1 fully saturated rings. The number of para-hydroxylation sites is 1. The fourth-order valence-corrected chi connectivity index (χ4v) is 2.22. The van der Waals surface area contributed by atoms with Gasteiger partial charge in [0.2, 0.25) is 0 Å². The standard InChI is InChI=1S/C14H22N2O/c1-2-14(15)11-16(12-14)9-6-10-17-13-7-4-3-5-8-13/h3-5,7-8H,2,6,9-12,15H2,1H3. The van der Waals surface area contributed by atoms with Crippen molar-refractivity contribution in [1.29, 1.82) is 0 Å². The molecule has 0 atom stereocenters. The van der Waals surface area contributed by atoms with Gasteiger partial charge >= 0.3 is 0 Å². The molecule has 0 bridgehead atoms. The summed E-state index contributed by atoms with van der Waals surface area (Å²) in [4.78, 5) is 2.40. The van der Waals surface area contributed by atoms with E-state index in [0.717, 1.165) is 44.8 Å². The normalized spacial score (nSPS) is 18.7. The molecule has 1 aliphatic rings. The van der Waals surface area contributed by atoms with Crippen LogP contribution in [0.1, 0.15) is 19.8 Å². The van der Waals surface area contributed by atoms with E-state index in [2.05, 4.69) is 11.8 Å². The first-order chi connectivity index (χ1) is 8.22. The monoisotopic (exact) mass is 234 g/mol. The molecule has 1 aliphatic heterocycles. The topological polar surface area (TPSA) is 38.5 Å². The van der Waals surface area contributed by atoms with Crippen LogP contribution in [0.15, 0.2) is 30.3 Å². The summed E-state index contributed by atoms with van der Waals surface area (Å²) in [6, 6.07) is 9.97. The van der Waals surface area contributed by atoms with Crippen LogP contribution in [0.25, 0.3) is 0 Å². The number of nitrogens with two attached hydrogens (primary N) is 1.